The second-order valence-corrected chi connectivity index (χ2v) is 4.76. The topological polar surface area (TPSA) is 51.6 Å². The number of hydrogen-bond donors (Lipinski definition) is 1. The molecule has 4 nitrogen and oxygen atoms in total. The van der Waals surface area contributed by atoms with Crippen molar-refractivity contribution in [1.82, 2.24) is 4.98 Å². The fraction of sp³-hybridized carbons (Fsp3) is 0.353. The Morgan fingerprint density at radius 2 is 1.95 bits per heavy atom. The van der Waals surface area contributed by atoms with Gasteiger partial charge >= 0.3 is 0 Å². The Balaban J connectivity index is 2.10. The molecule has 0 fully saturated rings. The van der Waals surface area contributed by atoms with Gasteiger partial charge in [0.1, 0.15) is 23.3 Å². The van der Waals surface area contributed by atoms with Crippen LogP contribution in [0, 0.1) is 0 Å². The minimum atomic E-state index is -0.814. The van der Waals surface area contributed by atoms with Crippen LogP contribution in [0.1, 0.15) is 37.1 Å². The lowest BCUT2D eigenvalue weighted by atomic mass is 10.1. The summed E-state index contributed by atoms with van der Waals surface area (Å²) >= 11 is 0. The van der Waals surface area contributed by atoms with E-state index >= 15 is 0 Å². The number of ether oxygens (including phenoxy) is 2. The highest BCUT2D eigenvalue weighted by Gasteiger charge is 2.16. The molecule has 0 radical (unpaired) electrons. The van der Waals surface area contributed by atoms with Crippen LogP contribution < -0.4 is 9.47 Å². The lowest BCUT2D eigenvalue weighted by molar-refractivity contribution is 0.209. The normalized spacial score (nSPS) is 12.0. The molecule has 0 saturated heterocycles. The van der Waals surface area contributed by atoms with Crippen LogP contribution in [0.4, 0.5) is 0 Å². The van der Waals surface area contributed by atoms with Crippen LogP contribution in [0.2, 0.25) is 0 Å². The number of aliphatic hydroxyl groups excluding tert-OH is 1. The Morgan fingerprint density at radius 3 is 2.62 bits per heavy atom. The number of rotatable bonds is 7. The molecule has 1 aromatic carbocycles. The van der Waals surface area contributed by atoms with Crippen molar-refractivity contribution in [2.24, 2.45) is 0 Å². The number of hydrogen-bond acceptors (Lipinski definition) is 4. The lowest BCUT2D eigenvalue weighted by Gasteiger charge is -2.14. The van der Waals surface area contributed by atoms with Crippen LogP contribution in [0.5, 0.6) is 11.5 Å². The highest BCUT2D eigenvalue weighted by molar-refractivity contribution is 5.37. The van der Waals surface area contributed by atoms with Gasteiger partial charge in [0.25, 0.3) is 0 Å². The SMILES string of the molecule is CCCCOc1ccc(C(O)c2ncccc2OC)cc1. The van der Waals surface area contributed by atoms with Crippen molar-refractivity contribution < 1.29 is 14.6 Å². The molecule has 2 rings (SSSR count). The molecule has 0 bridgehead atoms. The predicted molar refractivity (Wildman–Crippen MR) is 81.7 cm³/mol. The zero-order chi connectivity index (χ0) is 15.1. The zero-order valence-corrected chi connectivity index (χ0v) is 12.5. The average molecular weight is 287 g/mol. The maximum atomic E-state index is 10.4. The number of pyridine rings is 1. The molecule has 4 heteroatoms. The first-order chi connectivity index (χ1) is 10.3. The molecule has 1 N–H and O–H groups in total. The first-order valence-electron chi connectivity index (χ1n) is 7.16. The van der Waals surface area contributed by atoms with Gasteiger partial charge in [-0.3, -0.25) is 4.98 Å². The van der Waals surface area contributed by atoms with Crippen molar-refractivity contribution in [3.05, 3.63) is 53.9 Å². The van der Waals surface area contributed by atoms with E-state index in [0.29, 0.717) is 18.1 Å². The monoisotopic (exact) mass is 287 g/mol. The molecule has 0 spiro atoms. The number of aromatic nitrogens is 1. The summed E-state index contributed by atoms with van der Waals surface area (Å²) in [6.45, 7) is 2.84. The second kappa shape index (κ2) is 7.64. The number of unbranched alkanes of at least 4 members (excludes halogenated alkanes) is 1. The van der Waals surface area contributed by atoms with Gasteiger partial charge in [-0.1, -0.05) is 25.5 Å². The van der Waals surface area contributed by atoms with Gasteiger partial charge in [0.15, 0.2) is 0 Å². The van der Waals surface area contributed by atoms with Gasteiger partial charge in [-0.2, -0.15) is 0 Å². The summed E-state index contributed by atoms with van der Waals surface area (Å²) in [4.78, 5) is 4.20. The maximum Gasteiger partial charge on any atom is 0.143 e. The van der Waals surface area contributed by atoms with Gasteiger partial charge in [-0.05, 0) is 36.2 Å². The minimum absolute atomic E-state index is 0.514. The molecular weight excluding hydrogens is 266 g/mol. The van der Waals surface area contributed by atoms with E-state index in [1.54, 1.807) is 25.4 Å². The molecular formula is C17H21NO3. The smallest absolute Gasteiger partial charge is 0.143 e. The van der Waals surface area contributed by atoms with E-state index in [9.17, 15) is 5.11 Å². The largest absolute Gasteiger partial charge is 0.495 e. The Morgan fingerprint density at radius 1 is 1.19 bits per heavy atom. The Labute approximate surface area is 125 Å². The molecule has 0 saturated carbocycles. The number of benzene rings is 1. The number of aliphatic hydroxyl groups is 1. The van der Waals surface area contributed by atoms with Gasteiger partial charge in [-0.25, -0.2) is 0 Å². The van der Waals surface area contributed by atoms with Crippen molar-refractivity contribution in [3.63, 3.8) is 0 Å². The molecule has 1 heterocycles. The summed E-state index contributed by atoms with van der Waals surface area (Å²) in [7, 11) is 1.57. The molecule has 1 aromatic heterocycles. The van der Waals surface area contributed by atoms with Crippen molar-refractivity contribution in [2.45, 2.75) is 25.9 Å². The van der Waals surface area contributed by atoms with Crippen molar-refractivity contribution in [2.75, 3.05) is 13.7 Å². The van der Waals surface area contributed by atoms with E-state index in [1.165, 1.54) is 0 Å². The van der Waals surface area contributed by atoms with Gasteiger partial charge < -0.3 is 14.6 Å². The molecule has 1 atom stereocenters. The molecule has 2 aromatic rings. The molecule has 0 aliphatic heterocycles. The second-order valence-electron chi connectivity index (χ2n) is 4.76. The fourth-order valence-electron chi connectivity index (χ4n) is 2.02. The standard InChI is InChI=1S/C17H21NO3/c1-3-4-12-21-14-9-7-13(8-10-14)17(19)16-15(20-2)6-5-11-18-16/h5-11,17,19H,3-4,12H2,1-2H3. The summed E-state index contributed by atoms with van der Waals surface area (Å²) in [5.41, 5.74) is 1.27. The number of methoxy groups -OCH3 is 1. The molecule has 21 heavy (non-hydrogen) atoms. The van der Waals surface area contributed by atoms with Crippen LogP contribution in [-0.4, -0.2) is 23.8 Å². The quantitative estimate of drug-likeness (QED) is 0.793. The van der Waals surface area contributed by atoms with Gasteiger partial charge in [-0.15, -0.1) is 0 Å². The molecule has 0 aliphatic carbocycles. The third-order valence-corrected chi connectivity index (χ3v) is 3.24. The maximum absolute atomic E-state index is 10.4. The fourth-order valence-corrected chi connectivity index (χ4v) is 2.02. The third-order valence-electron chi connectivity index (χ3n) is 3.24. The number of nitrogens with zero attached hydrogens (tertiary/aromatic N) is 1. The minimum Gasteiger partial charge on any atom is -0.495 e. The highest BCUT2D eigenvalue weighted by atomic mass is 16.5. The van der Waals surface area contributed by atoms with Crippen LogP contribution in [0.3, 0.4) is 0 Å². The van der Waals surface area contributed by atoms with Crippen LogP contribution in [-0.2, 0) is 0 Å². The first kappa shape index (κ1) is 15.3. The Kier molecular flexibility index (Phi) is 5.58. The summed E-state index contributed by atoms with van der Waals surface area (Å²) in [5, 5.41) is 10.4. The van der Waals surface area contributed by atoms with E-state index < -0.39 is 6.10 Å². The van der Waals surface area contributed by atoms with E-state index in [4.69, 9.17) is 9.47 Å². The molecule has 0 amide bonds. The molecule has 0 aliphatic rings. The third kappa shape index (κ3) is 3.95. The van der Waals surface area contributed by atoms with Crippen molar-refractivity contribution >= 4 is 0 Å². The summed E-state index contributed by atoms with van der Waals surface area (Å²) in [6, 6.07) is 11.0. The van der Waals surface area contributed by atoms with E-state index in [-0.39, 0.29) is 0 Å². The van der Waals surface area contributed by atoms with Crippen LogP contribution >= 0.6 is 0 Å². The van der Waals surface area contributed by atoms with Crippen LogP contribution in [0.25, 0.3) is 0 Å². The van der Waals surface area contributed by atoms with E-state index in [1.807, 2.05) is 24.3 Å². The first-order valence-corrected chi connectivity index (χ1v) is 7.16. The predicted octanol–water partition coefficient (Wildman–Crippen LogP) is 3.35. The average Bonchev–Trinajstić information content (AvgIpc) is 2.55. The Hall–Kier alpha value is -2.07. The summed E-state index contributed by atoms with van der Waals surface area (Å²) in [5.74, 6) is 1.39. The summed E-state index contributed by atoms with van der Waals surface area (Å²) in [6.07, 6.45) is 2.97. The van der Waals surface area contributed by atoms with Crippen LogP contribution in [0.15, 0.2) is 42.6 Å². The molecule has 1 unspecified atom stereocenters. The molecule has 112 valence electrons. The summed E-state index contributed by atoms with van der Waals surface area (Å²) < 4.78 is 10.8. The van der Waals surface area contributed by atoms with E-state index in [2.05, 4.69) is 11.9 Å². The van der Waals surface area contributed by atoms with Crippen molar-refractivity contribution in [1.29, 1.82) is 0 Å². The van der Waals surface area contributed by atoms with Crippen molar-refractivity contribution in [3.8, 4) is 11.5 Å². The Bertz CT molecular complexity index is 554. The van der Waals surface area contributed by atoms with Gasteiger partial charge in [0.2, 0.25) is 0 Å². The van der Waals surface area contributed by atoms with Gasteiger partial charge in [0, 0.05) is 6.20 Å². The van der Waals surface area contributed by atoms with E-state index in [0.717, 1.165) is 24.2 Å². The van der Waals surface area contributed by atoms with Gasteiger partial charge in [0.05, 0.1) is 13.7 Å². The zero-order valence-electron chi connectivity index (χ0n) is 12.5. The highest BCUT2D eigenvalue weighted by Crippen LogP contribution is 2.28. The lowest BCUT2D eigenvalue weighted by Crippen LogP contribution is -2.05.